The average Bonchev–Trinajstić information content (AvgIpc) is 3.48. The van der Waals surface area contributed by atoms with Crippen LogP contribution in [0.2, 0.25) is 0 Å². The molecular formula is C32H33F3N6O5. The molecule has 14 heteroatoms. The number of nitro groups is 1. The lowest BCUT2D eigenvalue weighted by Crippen LogP contribution is -2.45. The van der Waals surface area contributed by atoms with E-state index in [1.54, 1.807) is 16.7 Å². The quantitative estimate of drug-likeness (QED) is 0.160. The molecule has 0 saturated carbocycles. The van der Waals surface area contributed by atoms with Crippen molar-refractivity contribution in [1.82, 2.24) is 14.5 Å². The van der Waals surface area contributed by atoms with Crippen LogP contribution in [-0.4, -0.2) is 64.6 Å². The van der Waals surface area contributed by atoms with Crippen molar-refractivity contribution in [3.63, 3.8) is 0 Å². The molecule has 2 aliphatic heterocycles. The number of alkyl halides is 3. The van der Waals surface area contributed by atoms with Gasteiger partial charge in [0.15, 0.2) is 0 Å². The summed E-state index contributed by atoms with van der Waals surface area (Å²) in [7, 11) is 0. The zero-order valence-electron chi connectivity index (χ0n) is 24.9. The number of piperazine rings is 1. The lowest BCUT2D eigenvalue weighted by molar-refractivity contribution is -0.389. The molecule has 242 valence electrons. The van der Waals surface area contributed by atoms with E-state index in [9.17, 15) is 23.3 Å². The Hall–Kier alpha value is -4.98. The summed E-state index contributed by atoms with van der Waals surface area (Å²) in [6.07, 6.45) is -2.86. The van der Waals surface area contributed by atoms with Gasteiger partial charge in [-0.25, -0.2) is 0 Å². The highest BCUT2D eigenvalue weighted by Crippen LogP contribution is 2.26. The van der Waals surface area contributed by atoms with Crippen LogP contribution in [-0.2, 0) is 19.6 Å². The fourth-order valence-corrected chi connectivity index (χ4v) is 5.44. The van der Waals surface area contributed by atoms with E-state index in [4.69, 9.17) is 9.47 Å². The Balaban J connectivity index is 0.906. The highest BCUT2D eigenvalue weighted by Gasteiger charge is 2.31. The summed E-state index contributed by atoms with van der Waals surface area (Å²) >= 11 is 0. The number of fused-ring (bicyclic) bond motifs is 1. The maximum absolute atomic E-state index is 12.3. The number of halogens is 3. The maximum Gasteiger partial charge on any atom is 0.573 e. The molecule has 3 heterocycles. The number of benzene rings is 3. The second kappa shape index (κ2) is 13.6. The third-order valence-corrected chi connectivity index (χ3v) is 7.90. The minimum absolute atomic E-state index is 0.219. The number of hydrogen-bond donors (Lipinski definition) is 1. The Morgan fingerprint density at radius 3 is 2.26 bits per heavy atom. The number of nitrogens with zero attached hydrogens (tertiary/aromatic N) is 5. The standard InChI is InChI=1S/C32H33F3N6O5/c33-32(34,35)46-28-9-3-23(4-10-28)19-36-25-5-1-24(2-6-25)20-38-15-17-39(18-16-38)26-7-11-27(12-8-26)44-22-29-13-14-40-21-30(41(42)43)37-31(40)45-29/h1-12,21,29,36H,13-20,22H2. The van der Waals surface area contributed by atoms with Gasteiger partial charge in [-0.05, 0) is 64.6 Å². The van der Waals surface area contributed by atoms with E-state index in [1.165, 1.54) is 23.9 Å². The number of nitrogens with one attached hydrogen (secondary N) is 1. The van der Waals surface area contributed by atoms with E-state index in [-0.39, 0.29) is 23.7 Å². The van der Waals surface area contributed by atoms with Crippen LogP contribution in [0.3, 0.4) is 0 Å². The predicted molar refractivity (Wildman–Crippen MR) is 164 cm³/mol. The molecule has 1 fully saturated rings. The van der Waals surface area contributed by atoms with Gasteiger partial charge in [0.05, 0.1) is 0 Å². The predicted octanol–water partition coefficient (Wildman–Crippen LogP) is 5.85. The molecule has 4 aromatic rings. The number of anilines is 2. The minimum atomic E-state index is -4.70. The molecule has 1 atom stereocenters. The van der Waals surface area contributed by atoms with Crippen LogP contribution in [0.1, 0.15) is 17.5 Å². The molecule has 0 spiro atoms. The van der Waals surface area contributed by atoms with Gasteiger partial charge in [-0.3, -0.25) is 9.47 Å². The van der Waals surface area contributed by atoms with Gasteiger partial charge in [0.2, 0.25) is 0 Å². The van der Waals surface area contributed by atoms with Crippen LogP contribution in [0.4, 0.5) is 30.4 Å². The Morgan fingerprint density at radius 2 is 1.59 bits per heavy atom. The highest BCUT2D eigenvalue weighted by atomic mass is 19.4. The van der Waals surface area contributed by atoms with Crippen LogP contribution >= 0.6 is 0 Å². The van der Waals surface area contributed by atoms with Gasteiger partial charge < -0.3 is 34.5 Å². The number of rotatable bonds is 11. The van der Waals surface area contributed by atoms with E-state index in [0.717, 1.165) is 55.4 Å². The lowest BCUT2D eigenvalue weighted by Gasteiger charge is -2.36. The Bertz CT molecular complexity index is 1610. The van der Waals surface area contributed by atoms with Gasteiger partial charge >= 0.3 is 18.2 Å². The molecule has 1 saturated heterocycles. The molecule has 0 radical (unpaired) electrons. The molecule has 1 aromatic heterocycles. The molecule has 46 heavy (non-hydrogen) atoms. The molecule has 11 nitrogen and oxygen atoms in total. The first-order valence-corrected chi connectivity index (χ1v) is 14.9. The van der Waals surface area contributed by atoms with Crippen LogP contribution in [0, 0.1) is 10.1 Å². The Morgan fingerprint density at radius 1 is 0.913 bits per heavy atom. The molecular weight excluding hydrogens is 605 g/mol. The SMILES string of the molecule is O=[N+]([O-])c1cn2c(n1)OC(COc1ccc(N3CCN(Cc4ccc(NCc5ccc(OC(F)(F)F)cc5)cc4)CC3)cc1)CC2. The molecule has 0 amide bonds. The van der Waals surface area contributed by atoms with Gasteiger partial charge in [0, 0.05) is 68.6 Å². The van der Waals surface area contributed by atoms with Crippen molar-refractivity contribution in [1.29, 1.82) is 0 Å². The first-order chi connectivity index (χ1) is 22.2. The van der Waals surface area contributed by atoms with Crippen molar-refractivity contribution in [2.24, 2.45) is 0 Å². The number of aromatic nitrogens is 2. The van der Waals surface area contributed by atoms with Crippen molar-refractivity contribution in [3.8, 4) is 17.5 Å². The molecule has 3 aromatic carbocycles. The zero-order chi connectivity index (χ0) is 32.1. The Kier molecular flexibility index (Phi) is 9.15. The fraction of sp³-hybridized carbons (Fsp3) is 0.344. The zero-order valence-corrected chi connectivity index (χ0v) is 24.9. The number of aryl methyl sites for hydroxylation is 1. The summed E-state index contributed by atoms with van der Waals surface area (Å²) < 4.78 is 54.3. The number of imidazole rings is 1. The van der Waals surface area contributed by atoms with Gasteiger partial charge in [0.25, 0.3) is 0 Å². The second-order valence-corrected chi connectivity index (χ2v) is 11.2. The molecule has 2 aliphatic rings. The van der Waals surface area contributed by atoms with E-state index >= 15 is 0 Å². The van der Waals surface area contributed by atoms with E-state index in [0.29, 0.717) is 26.1 Å². The first kappa shape index (κ1) is 31.0. The van der Waals surface area contributed by atoms with Crippen molar-refractivity contribution >= 4 is 17.2 Å². The molecule has 1 unspecified atom stereocenters. The highest BCUT2D eigenvalue weighted by molar-refractivity contribution is 5.50. The molecule has 1 N–H and O–H groups in total. The van der Waals surface area contributed by atoms with Crippen LogP contribution in [0.25, 0.3) is 0 Å². The third-order valence-electron chi connectivity index (χ3n) is 7.90. The second-order valence-electron chi connectivity index (χ2n) is 11.2. The van der Waals surface area contributed by atoms with E-state index in [2.05, 4.69) is 49.1 Å². The molecule has 0 bridgehead atoms. The summed E-state index contributed by atoms with van der Waals surface area (Å²) in [6, 6.07) is 22.3. The van der Waals surface area contributed by atoms with E-state index < -0.39 is 11.3 Å². The van der Waals surface area contributed by atoms with Crippen LogP contribution in [0.15, 0.2) is 79.0 Å². The van der Waals surface area contributed by atoms with Gasteiger partial charge in [-0.2, -0.15) is 0 Å². The van der Waals surface area contributed by atoms with Crippen molar-refractivity contribution in [2.75, 3.05) is 43.0 Å². The minimum Gasteiger partial charge on any atom is -0.490 e. The first-order valence-electron chi connectivity index (χ1n) is 14.9. The monoisotopic (exact) mass is 638 g/mol. The summed E-state index contributed by atoms with van der Waals surface area (Å²) in [6.45, 7) is 5.91. The maximum atomic E-state index is 12.3. The van der Waals surface area contributed by atoms with Crippen molar-refractivity contribution in [3.05, 3.63) is 100 Å². The van der Waals surface area contributed by atoms with Crippen LogP contribution in [0.5, 0.6) is 17.5 Å². The van der Waals surface area contributed by atoms with Crippen LogP contribution < -0.4 is 24.4 Å². The normalized spacial score (nSPS) is 16.8. The summed E-state index contributed by atoms with van der Waals surface area (Å²) in [5.41, 5.74) is 4.12. The largest absolute Gasteiger partial charge is 0.573 e. The summed E-state index contributed by atoms with van der Waals surface area (Å²) in [4.78, 5) is 19.1. The van der Waals surface area contributed by atoms with Gasteiger partial charge in [-0.15, -0.1) is 13.2 Å². The number of ether oxygens (including phenoxy) is 3. The van der Waals surface area contributed by atoms with Crippen molar-refractivity contribution < 1.29 is 32.3 Å². The Labute approximate surface area is 263 Å². The fourth-order valence-electron chi connectivity index (χ4n) is 5.44. The topological polar surface area (TPSA) is 107 Å². The average molecular weight is 639 g/mol. The molecule has 6 rings (SSSR count). The summed E-state index contributed by atoms with van der Waals surface area (Å²) in [5.74, 6) is 0.279. The van der Waals surface area contributed by atoms with Gasteiger partial charge in [-0.1, -0.05) is 24.3 Å². The van der Waals surface area contributed by atoms with Gasteiger partial charge in [0.1, 0.15) is 30.4 Å². The smallest absolute Gasteiger partial charge is 0.490 e. The molecule has 0 aliphatic carbocycles. The number of hydrogen-bond acceptors (Lipinski definition) is 9. The van der Waals surface area contributed by atoms with Crippen molar-refractivity contribution in [2.45, 2.75) is 38.5 Å². The van der Waals surface area contributed by atoms with E-state index in [1.807, 2.05) is 24.3 Å². The third kappa shape index (κ3) is 8.18. The summed E-state index contributed by atoms with van der Waals surface area (Å²) in [5, 5.41) is 14.3. The lowest BCUT2D eigenvalue weighted by atomic mass is 10.1.